The number of anilines is 1. The number of amides is 2. The van der Waals surface area contributed by atoms with Crippen molar-refractivity contribution in [1.82, 2.24) is 14.8 Å². The normalized spacial score (nSPS) is 15.6. The lowest BCUT2D eigenvalue weighted by atomic mass is 9.99. The maximum atomic E-state index is 12.8. The number of aryl methyl sites for hydroxylation is 2. The molecule has 6 nitrogen and oxygen atoms in total. The maximum Gasteiger partial charge on any atom is 0.246 e. The summed E-state index contributed by atoms with van der Waals surface area (Å²) < 4.78 is 0. The zero-order chi connectivity index (χ0) is 22.2. The van der Waals surface area contributed by atoms with E-state index < -0.39 is 0 Å². The van der Waals surface area contributed by atoms with Crippen molar-refractivity contribution in [2.45, 2.75) is 25.9 Å². The number of benzene rings is 2. The number of hydrogen-bond acceptors (Lipinski definition) is 4. The highest BCUT2D eigenvalue weighted by Crippen LogP contribution is 2.33. The molecule has 0 unspecified atom stereocenters. The van der Waals surface area contributed by atoms with Gasteiger partial charge in [-0.1, -0.05) is 30.3 Å². The minimum atomic E-state index is -0.0677. The molecule has 0 spiro atoms. The molecule has 1 aliphatic heterocycles. The van der Waals surface area contributed by atoms with Crippen molar-refractivity contribution in [2.75, 3.05) is 26.0 Å². The van der Waals surface area contributed by atoms with E-state index in [2.05, 4.69) is 40.6 Å². The van der Waals surface area contributed by atoms with Crippen LogP contribution in [-0.2, 0) is 35.5 Å². The van der Waals surface area contributed by atoms with Crippen LogP contribution in [0.15, 0.2) is 48.7 Å². The average molecular weight is 427 g/mol. The van der Waals surface area contributed by atoms with Gasteiger partial charge < -0.3 is 10.2 Å². The first-order valence-corrected chi connectivity index (χ1v) is 10.9. The molecule has 32 heavy (non-hydrogen) atoms. The van der Waals surface area contributed by atoms with Crippen molar-refractivity contribution in [2.24, 2.45) is 0 Å². The van der Waals surface area contributed by atoms with Crippen LogP contribution in [0, 0.1) is 0 Å². The van der Waals surface area contributed by atoms with E-state index in [1.54, 1.807) is 23.2 Å². The van der Waals surface area contributed by atoms with Gasteiger partial charge in [-0.2, -0.15) is 0 Å². The Labute approximate surface area is 187 Å². The van der Waals surface area contributed by atoms with Gasteiger partial charge in [0.1, 0.15) is 5.82 Å². The third kappa shape index (κ3) is 3.89. The first-order chi connectivity index (χ1) is 15.5. The fourth-order valence-electron chi connectivity index (χ4n) is 4.69. The highest BCUT2D eigenvalue weighted by molar-refractivity contribution is 5.95. The zero-order valence-electron chi connectivity index (χ0n) is 18.4. The van der Waals surface area contributed by atoms with Gasteiger partial charge in [0.25, 0.3) is 0 Å². The number of carbonyl (C=O) groups is 2. The van der Waals surface area contributed by atoms with Crippen molar-refractivity contribution in [1.29, 1.82) is 0 Å². The van der Waals surface area contributed by atoms with Crippen LogP contribution in [0.2, 0.25) is 0 Å². The molecular weight excluding hydrogens is 400 g/mol. The van der Waals surface area contributed by atoms with Crippen molar-refractivity contribution in [3.63, 3.8) is 0 Å². The smallest absolute Gasteiger partial charge is 0.246 e. The van der Waals surface area contributed by atoms with Crippen LogP contribution in [0.1, 0.15) is 27.8 Å². The molecule has 6 heteroatoms. The van der Waals surface area contributed by atoms with Crippen LogP contribution < -0.4 is 5.32 Å². The molecule has 1 N–H and O–H groups in total. The Morgan fingerprint density at radius 1 is 1.16 bits per heavy atom. The van der Waals surface area contributed by atoms with E-state index in [9.17, 15) is 9.59 Å². The van der Waals surface area contributed by atoms with Gasteiger partial charge in [-0.3, -0.25) is 14.5 Å². The molecular formula is C26H26N4O2. The second-order valence-electron chi connectivity index (χ2n) is 8.75. The van der Waals surface area contributed by atoms with Crippen LogP contribution in [0.3, 0.4) is 0 Å². The third-order valence-electron chi connectivity index (χ3n) is 6.27. The number of fused-ring (bicyclic) bond motifs is 1. The van der Waals surface area contributed by atoms with E-state index in [0.717, 1.165) is 24.0 Å². The Bertz CT molecular complexity index is 1250. The lowest BCUT2D eigenvalue weighted by Crippen LogP contribution is -2.26. The number of pyridine rings is 1. The molecule has 0 saturated heterocycles. The van der Waals surface area contributed by atoms with Crippen LogP contribution in [0.5, 0.6) is 0 Å². The lowest BCUT2D eigenvalue weighted by molar-refractivity contribution is -0.125. The van der Waals surface area contributed by atoms with Gasteiger partial charge in [-0.05, 0) is 65.1 Å². The molecule has 1 aromatic heterocycles. The topological polar surface area (TPSA) is 65.5 Å². The molecule has 3 aromatic rings. The monoisotopic (exact) mass is 426 g/mol. The molecule has 2 aliphatic rings. The maximum absolute atomic E-state index is 12.8. The third-order valence-corrected chi connectivity index (χ3v) is 6.27. The average Bonchev–Trinajstić information content (AvgIpc) is 3.13. The van der Waals surface area contributed by atoms with Crippen molar-refractivity contribution in [3.05, 3.63) is 76.5 Å². The largest absolute Gasteiger partial charge is 0.338 e. The number of nitrogens with one attached hydrogen (secondary N) is 1. The van der Waals surface area contributed by atoms with Crippen LogP contribution in [0.25, 0.3) is 16.8 Å². The van der Waals surface area contributed by atoms with Gasteiger partial charge in [0, 0.05) is 38.0 Å². The van der Waals surface area contributed by atoms with E-state index in [1.807, 2.05) is 25.1 Å². The molecule has 0 bridgehead atoms. The highest BCUT2D eigenvalue weighted by atomic mass is 16.2. The Kier molecular flexibility index (Phi) is 5.23. The number of carbonyl (C=O) groups excluding carboxylic acids is 2. The van der Waals surface area contributed by atoms with Crippen molar-refractivity contribution < 1.29 is 9.59 Å². The summed E-state index contributed by atoms with van der Waals surface area (Å²) in [5, 5.41) is 5.45. The number of aromatic nitrogens is 1. The molecule has 0 saturated carbocycles. The lowest BCUT2D eigenvalue weighted by Gasteiger charge is -2.17. The van der Waals surface area contributed by atoms with Gasteiger partial charge in [0.05, 0.1) is 6.54 Å². The summed E-state index contributed by atoms with van der Waals surface area (Å²) in [4.78, 5) is 32.7. The minimum absolute atomic E-state index is 0.0615. The van der Waals surface area contributed by atoms with Gasteiger partial charge in [-0.15, -0.1) is 0 Å². The van der Waals surface area contributed by atoms with E-state index in [4.69, 9.17) is 0 Å². The number of hydrogen-bond donors (Lipinski definition) is 1. The molecule has 0 atom stereocenters. The SMILES string of the molecule is CN1CC(=O)Nc2ncc(/C=C/C(=O)N(C)Cc3ccc4c5c(cccc35)CC4)cc2C1. The fourth-order valence-corrected chi connectivity index (χ4v) is 4.69. The van der Waals surface area contributed by atoms with E-state index >= 15 is 0 Å². The summed E-state index contributed by atoms with van der Waals surface area (Å²) in [5.74, 6) is 0.461. The van der Waals surface area contributed by atoms with Gasteiger partial charge in [-0.25, -0.2) is 4.98 Å². The highest BCUT2D eigenvalue weighted by Gasteiger charge is 2.18. The molecule has 2 aromatic carbocycles. The Morgan fingerprint density at radius 3 is 2.81 bits per heavy atom. The summed E-state index contributed by atoms with van der Waals surface area (Å²) in [6, 6.07) is 12.8. The standard InChI is InChI=1S/C26H26N4O2/c1-29-14-21-12-17(13-27-26(21)28-23(31)16-29)6-11-24(32)30(2)15-20-10-9-19-8-7-18-4-3-5-22(20)25(18)19/h3-6,9-13H,7-8,14-16H2,1-2H3,(H,27,28,31)/b11-6+. The van der Waals surface area contributed by atoms with Crippen LogP contribution in [-0.4, -0.2) is 47.2 Å². The Morgan fingerprint density at radius 2 is 1.97 bits per heavy atom. The van der Waals surface area contributed by atoms with E-state index in [0.29, 0.717) is 25.5 Å². The fraction of sp³-hybridized carbons (Fsp3) is 0.269. The first kappa shape index (κ1) is 20.4. The van der Waals surface area contributed by atoms with Gasteiger partial charge in [0.15, 0.2) is 0 Å². The van der Waals surface area contributed by atoms with Crippen LogP contribution >= 0.6 is 0 Å². The number of rotatable bonds is 4. The predicted molar refractivity (Wildman–Crippen MR) is 126 cm³/mol. The molecule has 2 heterocycles. The van der Waals surface area contributed by atoms with E-state index in [-0.39, 0.29) is 11.8 Å². The van der Waals surface area contributed by atoms with Crippen LogP contribution in [0.4, 0.5) is 5.82 Å². The molecule has 1 aliphatic carbocycles. The number of likely N-dealkylation sites (N-methyl/N-ethyl adjacent to an activating group) is 2. The summed E-state index contributed by atoms with van der Waals surface area (Å²) in [6.07, 6.45) is 7.25. The first-order valence-electron chi connectivity index (χ1n) is 10.9. The number of nitrogens with zero attached hydrogens (tertiary/aromatic N) is 3. The summed E-state index contributed by atoms with van der Waals surface area (Å²) in [7, 11) is 3.73. The minimum Gasteiger partial charge on any atom is -0.338 e. The van der Waals surface area contributed by atoms with Gasteiger partial charge in [0.2, 0.25) is 11.8 Å². The summed E-state index contributed by atoms with van der Waals surface area (Å²) in [5.41, 5.74) is 5.76. The second kappa shape index (κ2) is 8.20. The molecule has 0 radical (unpaired) electrons. The Balaban J connectivity index is 1.32. The van der Waals surface area contributed by atoms with Crippen molar-refractivity contribution in [3.8, 4) is 0 Å². The molecule has 5 rings (SSSR count). The zero-order valence-corrected chi connectivity index (χ0v) is 18.4. The Hall–Kier alpha value is -3.51. The molecule has 0 fully saturated rings. The van der Waals surface area contributed by atoms with Crippen molar-refractivity contribution >= 4 is 34.5 Å². The van der Waals surface area contributed by atoms with Gasteiger partial charge >= 0.3 is 0 Å². The second-order valence-corrected chi connectivity index (χ2v) is 8.75. The summed E-state index contributed by atoms with van der Waals surface area (Å²) >= 11 is 0. The molecule has 2 amide bonds. The molecule has 162 valence electrons. The quantitative estimate of drug-likeness (QED) is 0.650. The summed E-state index contributed by atoms with van der Waals surface area (Å²) in [6.45, 7) is 1.52. The predicted octanol–water partition coefficient (Wildman–Crippen LogP) is 3.39. The van der Waals surface area contributed by atoms with E-state index in [1.165, 1.54) is 27.5 Å².